The fourth-order valence-corrected chi connectivity index (χ4v) is 2.69. The van der Waals surface area contributed by atoms with Crippen LogP contribution in [-0.2, 0) is 0 Å². The quantitative estimate of drug-likeness (QED) is 0.897. The molecule has 0 radical (unpaired) electrons. The number of benzene rings is 1. The molecule has 5 heteroatoms. The smallest absolute Gasteiger partial charge is 0.251 e. The summed E-state index contributed by atoms with van der Waals surface area (Å²) in [5.41, 5.74) is 1.53. The number of nitrogens with one attached hydrogen (secondary N) is 2. The van der Waals surface area contributed by atoms with Gasteiger partial charge in [0.2, 0.25) is 0 Å². The van der Waals surface area contributed by atoms with Crippen molar-refractivity contribution in [3.63, 3.8) is 0 Å². The van der Waals surface area contributed by atoms with E-state index in [-0.39, 0.29) is 11.9 Å². The summed E-state index contributed by atoms with van der Waals surface area (Å²) in [7, 11) is 0. The second-order valence-corrected chi connectivity index (χ2v) is 6.32. The summed E-state index contributed by atoms with van der Waals surface area (Å²) in [6, 6.07) is 8.36. The molecule has 2 N–H and O–H groups in total. The zero-order valence-corrected chi connectivity index (χ0v) is 13.3. The maximum absolute atomic E-state index is 12.1. The van der Waals surface area contributed by atoms with Gasteiger partial charge in [0.25, 0.3) is 5.91 Å². The van der Waals surface area contributed by atoms with Crippen LogP contribution in [0.4, 0.5) is 5.69 Å². The van der Waals surface area contributed by atoms with Crippen LogP contribution < -0.4 is 10.6 Å². The standard InChI is InChI=1S/C17H24N4O/c1-12(2)19-17(22)13-4-3-5-14(10-13)20-16-8-9-18-11-21(16)15-6-7-15/h3-5,10,12,15,18H,6-9,11H2,1-2H3,(H,19,22). The fraction of sp³-hybridized carbons (Fsp3) is 0.529. The summed E-state index contributed by atoms with van der Waals surface area (Å²) in [6.45, 7) is 5.78. The van der Waals surface area contributed by atoms with Gasteiger partial charge in [0.15, 0.2) is 0 Å². The molecule has 3 rings (SSSR count). The van der Waals surface area contributed by atoms with Gasteiger partial charge in [0, 0.05) is 30.6 Å². The van der Waals surface area contributed by atoms with Gasteiger partial charge < -0.3 is 10.2 Å². The van der Waals surface area contributed by atoms with Gasteiger partial charge in [-0.05, 0) is 44.9 Å². The summed E-state index contributed by atoms with van der Waals surface area (Å²) >= 11 is 0. The van der Waals surface area contributed by atoms with Crippen LogP contribution in [0.25, 0.3) is 0 Å². The molecule has 1 amide bonds. The van der Waals surface area contributed by atoms with Crippen LogP contribution in [0.3, 0.4) is 0 Å². The molecular weight excluding hydrogens is 276 g/mol. The topological polar surface area (TPSA) is 56.7 Å². The van der Waals surface area contributed by atoms with E-state index < -0.39 is 0 Å². The van der Waals surface area contributed by atoms with E-state index in [0.29, 0.717) is 11.6 Å². The van der Waals surface area contributed by atoms with E-state index in [1.807, 2.05) is 38.1 Å². The Morgan fingerprint density at radius 3 is 2.95 bits per heavy atom. The zero-order chi connectivity index (χ0) is 15.5. The average molecular weight is 300 g/mol. The van der Waals surface area contributed by atoms with E-state index in [2.05, 4.69) is 15.5 Å². The van der Waals surface area contributed by atoms with Crippen LogP contribution in [0.15, 0.2) is 29.3 Å². The van der Waals surface area contributed by atoms with Gasteiger partial charge in [-0.2, -0.15) is 0 Å². The molecule has 0 atom stereocenters. The fourth-order valence-electron chi connectivity index (χ4n) is 2.69. The summed E-state index contributed by atoms with van der Waals surface area (Å²) in [5.74, 6) is 1.10. The second-order valence-electron chi connectivity index (χ2n) is 6.32. The molecule has 1 aliphatic carbocycles. The highest BCUT2D eigenvalue weighted by Gasteiger charge is 2.32. The van der Waals surface area contributed by atoms with Gasteiger partial charge in [0.1, 0.15) is 5.84 Å². The van der Waals surface area contributed by atoms with E-state index in [4.69, 9.17) is 4.99 Å². The van der Waals surface area contributed by atoms with E-state index in [9.17, 15) is 4.79 Å². The molecule has 5 nitrogen and oxygen atoms in total. The molecule has 0 spiro atoms. The summed E-state index contributed by atoms with van der Waals surface area (Å²) in [5, 5.41) is 6.32. The van der Waals surface area contributed by atoms with E-state index in [1.54, 1.807) is 0 Å². The Morgan fingerprint density at radius 1 is 1.41 bits per heavy atom. The third kappa shape index (κ3) is 3.65. The highest BCUT2D eigenvalue weighted by atomic mass is 16.1. The van der Waals surface area contributed by atoms with Crippen molar-refractivity contribution in [2.24, 2.45) is 4.99 Å². The van der Waals surface area contributed by atoms with Gasteiger partial charge >= 0.3 is 0 Å². The Morgan fingerprint density at radius 2 is 2.23 bits per heavy atom. The van der Waals surface area contributed by atoms with Crippen LogP contribution >= 0.6 is 0 Å². The van der Waals surface area contributed by atoms with Crippen molar-refractivity contribution in [2.45, 2.75) is 45.2 Å². The summed E-state index contributed by atoms with van der Waals surface area (Å²) in [4.78, 5) is 19.3. The molecule has 1 saturated heterocycles. The molecule has 1 aromatic rings. The number of amides is 1. The number of hydrogen-bond donors (Lipinski definition) is 2. The number of nitrogens with zero attached hydrogens (tertiary/aromatic N) is 2. The maximum atomic E-state index is 12.1. The van der Waals surface area contributed by atoms with E-state index in [1.165, 1.54) is 12.8 Å². The molecule has 2 fully saturated rings. The van der Waals surface area contributed by atoms with Crippen molar-refractivity contribution >= 4 is 17.4 Å². The average Bonchev–Trinajstić information content (AvgIpc) is 3.32. The molecule has 2 aliphatic rings. The number of carbonyl (C=O) groups excluding carboxylic acids is 1. The van der Waals surface area contributed by atoms with Gasteiger partial charge in [0.05, 0.1) is 12.4 Å². The van der Waals surface area contributed by atoms with E-state index >= 15 is 0 Å². The van der Waals surface area contributed by atoms with Gasteiger partial charge in [-0.3, -0.25) is 10.1 Å². The second kappa shape index (κ2) is 6.48. The van der Waals surface area contributed by atoms with Crippen molar-refractivity contribution < 1.29 is 4.79 Å². The lowest BCUT2D eigenvalue weighted by molar-refractivity contribution is 0.0943. The predicted octanol–water partition coefficient (Wildman–Crippen LogP) is 2.27. The molecule has 0 bridgehead atoms. The SMILES string of the molecule is CC(C)NC(=O)c1cccc(N=C2CCNCN2C2CC2)c1. The first-order valence-electron chi connectivity index (χ1n) is 8.09. The van der Waals surface area contributed by atoms with Gasteiger partial charge in [-0.15, -0.1) is 0 Å². The van der Waals surface area contributed by atoms with Crippen LogP contribution in [0.5, 0.6) is 0 Å². The van der Waals surface area contributed by atoms with Crippen molar-refractivity contribution in [2.75, 3.05) is 13.2 Å². The Bertz CT molecular complexity index is 578. The van der Waals surface area contributed by atoms with Crippen molar-refractivity contribution in [3.05, 3.63) is 29.8 Å². The first kappa shape index (κ1) is 15.0. The minimum absolute atomic E-state index is 0.0404. The Hall–Kier alpha value is -1.88. The monoisotopic (exact) mass is 300 g/mol. The largest absolute Gasteiger partial charge is 0.350 e. The molecule has 1 aromatic carbocycles. The maximum Gasteiger partial charge on any atom is 0.251 e. The summed E-state index contributed by atoms with van der Waals surface area (Å²) in [6.07, 6.45) is 3.47. The predicted molar refractivity (Wildman–Crippen MR) is 88.5 cm³/mol. The Labute approximate surface area is 131 Å². The minimum atomic E-state index is -0.0404. The highest BCUT2D eigenvalue weighted by molar-refractivity contribution is 5.95. The van der Waals surface area contributed by atoms with Crippen LogP contribution in [0.2, 0.25) is 0 Å². The molecule has 1 heterocycles. The highest BCUT2D eigenvalue weighted by Crippen LogP contribution is 2.29. The summed E-state index contributed by atoms with van der Waals surface area (Å²) < 4.78 is 0. The molecule has 0 unspecified atom stereocenters. The van der Waals surface area contributed by atoms with Gasteiger partial charge in [-0.25, -0.2) is 4.99 Å². The van der Waals surface area contributed by atoms with E-state index in [0.717, 1.165) is 31.2 Å². The molecule has 1 aliphatic heterocycles. The molecular formula is C17H24N4O. The zero-order valence-electron chi connectivity index (χ0n) is 13.3. The number of carbonyl (C=O) groups is 1. The molecule has 1 saturated carbocycles. The molecule has 0 aromatic heterocycles. The lowest BCUT2D eigenvalue weighted by Gasteiger charge is -2.31. The first-order chi connectivity index (χ1) is 10.6. The van der Waals surface area contributed by atoms with Crippen LogP contribution in [0, 0.1) is 0 Å². The van der Waals surface area contributed by atoms with Crippen molar-refractivity contribution in [1.82, 2.24) is 15.5 Å². The van der Waals surface area contributed by atoms with Crippen LogP contribution in [-0.4, -0.2) is 41.9 Å². The van der Waals surface area contributed by atoms with Gasteiger partial charge in [-0.1, -0.05) is 6.07 Å². The third-order valence-electron chi connectivity index (χ3n) is 3.91. The molecule has 118 valence electrons. The number of aliphatic imine (C=N–C) groups is 1. The Kier molecular flexibility index (Phi) is 4.43. The van der Waals surface area contributed by atoms with Crippen LogP contribution in [0.1, 0.15) is 43.5 Å². The lowest BCUT2D eigenvalue weighted by Crippen LogP contribution is -2.46. The first-order valence-corrected chi connectivity index (χ1v) is 8.09. The number of hydrogen-bond acceptors (Lipinski definition) is 3. The third-order valence-corrected chi connectivity index (χ3v) is 3.91. The lowest BCUT2D eigenvalue weighted by atomic mass is 10.1. The normalized spacial score (nSPS) is 20.5. The Balaban J connectivity index is 1.79. The number of amidine groups is 1. The van der Waals surface area contributed by atoms with Crippen molar-refractivity contribution in [1.29, 1.82) is 0 Å². The number of rotatable bonds is 4. The minimum Gasteiger partial charge on any atom is -0.350 e. The van der Waals surface area contributed by atoms with Crippen molar-refractivity contribution in [3.8, 4) is 0 Å². The molecule has 22 heavy (non-hydrogen) atoms.